The first-order valence-electron chi connectivity index (χ1n) is 15.5. The van der Waals surface area contributed by atoms with Gasteiger partial charge in [0.15, 0.2) is 0 Å². The third-order valence-corrected chi connectivity index (χ3v) is 7.86. The van der Waals surface area contributed by atoms with E-state index in [-0.39, 0.29) is 26.4 Å². The number of unbranched alkanes of at least 4 members (excludes halogenated alkanes) is 13. The lowest BCUT2D eigenvalue weighted by atomic mass is 10.0. The highest BCUT2D eigenvalue weighted by Gasteiger charge is 2.18. The number of nitrogens with zero attached hydrogens (tertiary/aromatic N) is 2. The molecule has 0 aliphatic heterocycles. The molecule has 9 heteroatoms. The number of carbonyl (C=O) groups excluding carboxylic acids is 1. The second-order valence-electron chi connectivity index (χ2n) is 11.8. The summed E-state index contributed by atoms with van der Waals surface area (Å²) in [7, 11) is 1.43. The van der Waals surface area contributed by atoms with Crippen LogP contribution < -0.4 is 4.89 Å². The summed E-state index contributed by atoms with van der Waals surface area (Å²) >= 11 is 0. The number of carbonyl (C=O) groups is 1. The Balaban J connectivity index is 2.32. The first kappa shape index (κ1) is 36.6. The molecule has 8 nitrogen and oxygen atoms in total. The fraction of sp³-hybridized carbons (Fsp3) is 0.774. The van der Waals surface area contributed by atoms with Gasteiger partial charge in [0.05, 0.1) is 27.7 Å². The number of benzene rings is 1. The SMILES string of the molecule is CCCCCCCCCCCCCCCCN(CCOP(=O)([O-])OCC[N+](C)(C)C)C(=O)OCc1ccccc1. The second-order valence-corrected chi connectivity index (χ2v) is 13.2. The number of rotatable bonds is 25. The van der Waals surface area contributed by atoms with E-state index in [0.717, 1.165) is 24.8 Å². The Kier molecular flexibility index (Phi) is 20.3. The van der Waals surface area contributed by atoms with Crippen LogP contribution in [0.15, 0.2) is 30.3 Å². The predicted octanol–water partition coefficient (Wildman–Crippen LogP) is 7.31. The third-order valence-electron chi connectivity index (χ3n) is 6.87. The molecule has 1 rings (SSSR count). The Hall–Kier alpha value is -1.44. The Morgan fingerprint density at radius 2 is 1.27 bits per heavy atom. The standard InChI is InChI=1S/C31H57N2O6P/c1-5-6-7-8-9-10-11-12-13-14-15-16-17-21-24-32(31(34)37-29-30-22-19-18-20-23-30)25-27-38-40(35,36)39-28-26-33(2,3)4/h18-20,22-23H,5-17,21,24-29H2,1-4H3. The fourth-order valence-corrected chi connectivity index (χ4v) is 5.01. The van der Waals surface area contributed by atoms with Crippen molar-refractivity contribution < 1.29 is 32.5 Å². The van der Waals surface area contributed by atoms with Gasteiger partial charge in [0, 0.05) is 13.1 Å². The van der Waals surface area contributed by atoms with E-state index < -0.39 is 13.9 Å². The van der Waals surface area contributed by atoms with E-state index in [9.17, 15) is 14.3 Å². The molecule has 0 saturated heterocycles. The van der Waals surface area contributed by atoms with Gasteiger partial charge in [0.25, 0.3) is 7.82 Å². The van der Waals surface area contributed by atoms with E-state index in [1.807, 2.05) is 51.5 Å². The Morgan fingerprint density at radius 3 is 1.80 bits per heavy atom. The number of ether oxygens (including phenoxy) is 1. The second kappa shape index (κ2) is 22.2. The highest BCUT2D eigenvalue weighted by molar-refractivity contribution is 7.45. The first-order valence-corrected chi connectivity index (χ1v) is 17.0. The molecule has 0 aliphatic rings. The van der Waals surface area contributed by atoms with Gasteiger partial charge in [-0.25, -0.2) is 4.79 Å². The highest BCUT2D eigenvalue weighted by Crippen LogP contribution is 2.37. The quantitative estimate of drug-likeness (QED) is 0.0680. The zero-order chi connectivity index (χ0) is 29.5. The summed E-state index contributed by atoms with van der Waals surface area (Å²) in [5.41, 5.74) is 0.901. The van der Waals surface area contributed by atoms with Crippen molar-refractivity contribution in [2.24, 2.45) is 0 Å². The third kappa shape index (κ3) is 21.3. The molecule has 0 spiro atoms. The molecule has 232 valence electrons. The Morgan fingerprint density at radius 1 is 0.775 bits per heavy atom. The molecule has 1 unspecified atom stereocenters. The maximum atomic E-state index is 12.8. The largest absolute Gasteiger partial charge is 0.756 e. The van der Waals surface area contributed by atoms with Gasteiger partial charge >= 0.3 is 6.09 Å². The molecule has 1 aromatic rings. The molecule has 1 aromatic carbocycles. The van der Waals surface area contributed by atoms with E-state index in [1.54, 1.807) is 0 Å². The van der Waals surface area contributed by atoms with Crippen LogP contribution in [0.25, 0.3) is 0 Å². The molecule has 0 radical (unpaired) electrons. The number of hydrogen-bond donors (Lipinski definition) is 0. The van der Waals surface area contributed by atoms with Gasteiger partial charge in [0.2, 0.25) is 0 Å². The maximum Gasteiger partial charge on any atom is 0.410 e. The van der Waals surface area contributed by atoms with Crippen LogP contribution in [0.1, 0.15) is 102 Å². The molecule has 1 amide bonds. The van der Waals surface area contributed by atoms with Gasteiger partial charge in [-0.05, 0) is 12.0 Å². The minimum Gasteiger partial charge on any atom is -0.756 e. The highest BCUT2D eigenvalue weighted by atomic mass is 31.2. The molecule has 0 heterocycles. The lowest BCUT2D eigenvalue weighted by Gasteiger charge is -2.28. The van der Waals surface area contributed by atoms with E-state index >= 15 is 0 Å². The summed E-state index contributed by atoms with van der Waals surface area (Å²) in [6.45, 7) is 3.47. The predicted molar refractivity (Wildman–Crippen MR) is 161 cm³/mol. The van der Waals surface area contributed by atoms with Crippen molar-refractivity contribution in [1.29, 1.82) is 0 Å². The van der Waals surface area contributed by atoms with Gasteiger partial charge in [-0.15, -0.1) is 0 Å². The number of hydrogen-bond acceptors (Lipinski definition) is 6. The topological polar surface area (TPSA) is 88.1 Å². The molecule has 0 saturated carbocycles. The van der Waals surface area contributed by atoms with Gasteiger partial charge in [-0.2, -0.15) is 0 Å². The summed E-state index contributed by atoms with van der Waals surface area (Å²) < 4.78 is 28.2. The minimum absolute atomic E-state index is 0.0478. The van der Waals surface area contributed by atoms with Crippen molar-refractivity contribution >= 4 is 13.9 Å². The molecule has 0 bridgehead atoms. The van der Waals surface area contributed by atoms with Crippen LogP contribution in [-0.2, 0) is 25.0 Å². The van der Waals surface area contributed by atoms with Crippen molar-refractivity contribution in [3.8, 4) is 0 Å². The Bertz CT molecular complexity index is 803. The van der Waals surface area contributed by atoms with Crippen LogP contribution in [0.2, 0.25) is 0 Å². The number of amides is 1. The van der Waals surface area contributed by atoms with Crippen LogP contribution in [0.3, 0.4) is 0 Å². The molecule has 0 aliphatic carbocycles. The molecule has 0 aromatic heterocycles. The average molecular weight is 585 g/mol. The van der Waals surface area contributed by atoms with Gasteiger partial charge in [-0.3, -0.25) is 4.57 Å². The van der Waals surface area contributed by atoms with Crippen molar-refractivity contribution in [2.45, 2.75) is 103 Å². The van der Waals surface area contributed by atoms with Gasteiger partial charge < -0.3 is 28.1 Å². The zero-order valence-electron chi connectivity index (χ0n) is 25.8. The molecule has 1 atom stereocenters. The molecule has 40 heavy (non-hydrogen) atoms. The normalized spacial score (nSPS) is 13.2. The fourth-order valence-electron chi connectivity index (χ4n) is 4.33. The van der Waals surface area contributed by atoms with Crippen LogP contribution in [0.4, 0.5) is 4.79 Å². The van der Waals surface area contributed by atoms with Crippen LogP contribution in [0, 0.1) is 0 Å². The van der Waals surface area contributed by atoms with E-state index in [0.29, 0.717) is 17.6 Å². The number of phosphoric ester groups is 1. The lowest BCUT2D eigenvalue weighted by Crippen LogP contribution is -2.38. The van der Waals surface area contributed by atoms with E-state index in [2.05, 4.69) is 6.92 Å². The molecule has 0 fully saturated rings. The average Bonchev–Trinajstić information content (AvgIpc) is 2.90. The summed E-state index contributed by atoms with van der Waals surface area (Å²) in [4.78, 5) is 26.4. The van der Waals surface area contributed by atoms with Crippen molar-refractivity contribution in [1.82, 2.24) is 4.90 Å². The zero-order valence-corrected chi connectivity index (χ0v) is 26.7. The number of likely N-dealkylation sites (N-methyl/N-ethyl adjacent to an activating group) is 1. The maximum absolute atomic E-state index is 12.8. The summed E-state index contributed by atoms with van der Waals surface area (Å²) in [6, 6.07) is 9.50. The van der Waals surface area contributed by atoms with E-state index in [1.165, 1.54) is 75.5 Å². The Labute approximate surface area is 244 Å². The lowest BCUT2D eigenvalue weighted by molar-refractivity contribution is -0.870. The van der Waals surface area contributed by atoms with Crippen LogP contribution in [-0.4, -0.2) is 69.5 Å². The van der Waals surface area contributed by atoms with Crippen molar-refractivity contribution in [3.05, 3.63) is 35.9 Å². The molecular weight excluding hydrogens is 527 g/mol. The smallest absolute Gasteiger partial charge is 0.410 e. The van der Waals surface area contributed by atoms with E-state index in [4.69, 9.17) is 13.8 Å². The van der Waals surface area contributed by atoms with Gasteiger partial charge in [-0.1, -0.05) is 121 Å². The van der Waals surface area contributed by atoms with Crippen molar-refractivity contribution in [3.63, 3.8) is 0 Å². The van der Waals surface area contributed by atoms with Crippen LogP contribution in [0.5, 0.6) is 0 Å². The first-order chi connectivity index (χ1) is 19.1. The molecule has 0 N–H and O–H groups in total. The monoisotopic (exact) mass is 584 g/mol. The summed E-state index contributed by atoms with van der Waals surface area (Å²) in [5, 5.41) is 0. The summed E-state index contributed by atoms with van der Waals surface area (Å²) in [6.07, 6.45) is 17.2. The summed E-state index contributed by atoms with van der Waals surface area (Å²) in [5.74, 6) is 0. The van der Waals surface area contributed by atoms with Gasteiger partial charge in [0.1, 0.15) is 19.8 Å². The number of phosphoric acid groups is 1. The number of quaternary nitrogens is 1. The minimum atomic E-state index is -4.43. The van der Waals surface area contributed by atoms with Crippen LogP contribution >= 0.6 is 7.82 Å². The molecular formula is C31H57N2O6P. The van der Waals surface area contributed by atoms with Crippen molar-refractivity contribution in [2.75, 3.05) is 54.0 Å².